The molecule has 4 heteroatoms. The number of carbonyl (C=O) groups is 1. The van der Waals surface area contributed by atoms with Crippen LogP contribution in [0.15, 0.2) is 30.3 Å². The molecule has 0 amide bonds. The number of aliphatic carboxylic acids is 1. The summed E-state index contributed by atoms with van der Waals surface area (Å²) in [6.07, 6.45) is 0.475. The molecule has 0 spiro atoms. The molecule has 0 radical (unpaired) electrons. The highest BCUT2D eigenvalue weighted by Gasteiger charge is 2.05. The van der Waals surface area contributed by atoms with Crippen LogP contribution in [0.1, 0.15) is 17.4 Å². The van der Waals surface area contributed by atoms with Crippen LogP contribution >= 0.6 is 0 Å². The van der Waals surface area contributed by atoms with Crippen molar-refractivity contribution in [1.82, 2.24) is 0 Å². The molecule has 1 aromatic rings. The topological polar surface area (TPSA) is 80.6 Å². The first-order valence-electron chi connectivity index (χ1n) is 3.95. The molecule has 4 nitrogen and oxygen atoms in total. The summed E-state index contributed by atoms with van der Waals surface area (Å²) in [5, 5.41) is 28.0. The van der Waals surface area contributed by atoms with E-state index >= 15 is 0 Å². The summed E-state index contributed by atoms with van der Waals surface area (Å²) in [4.78, 5) is 10.1. The molecular weight excluding hydrogens is 184 g/mol. The number of benzene rings is 1. The number of carbonyl (C=O) groups excluding carboxylic acids is 1. The minimum atomic E-state index is -1.61. The van der Waals surface area contributed by atoms with Crippen molar-refractivity contribution in [3.8, 4) is 0 Å². The van der Waals surface area contributed by atoms with Gasteiger partial charge in [0.2, 0.25) is 0 Å². The molecule has 74 valence electrons. The van der Waals surface area contributed by atoms with E-state index in [-0.39, 0.29) is 5.56 Å². The van der Waals surface area contributed by atoms with Crippen LogP contribution in [0.25, 0.3) is 6.08 Å². The third-order valence-electron chi connectivity index (χ3n) is 1.67. The molecule has 1 rings (SSSR count). The number of carboxylic acids is 1. The molecule has 0 aliphatic carbocycles. The maximum absolute atomic E-state index is 10.1. The fourth-order valence-corrected chi connectivity index (χ4v) is 1.06. The quantitative estimate of drug-likeness (QED) is 0.497. The van der Waals surface area contributed by atoms with Gasteiger partial charge in [-0.05, 0) is 11.6 Å². The second-order valence-electron chi connectivity index (χ2n) is 2.65. The van der Waals surface area contributed by atoms with Crippen LogP contribution in [0.3, 0.4) is 0 Å². The molecule has 2 N–H and O–H groups in total. The van der Waals surface area contributed by atoms with Gasteiger partial charge < -0.3 is 20.1 Å². The summed E-state index contributed by atoms with van der Waals surface area (Å²) in [7, 11) is 0. The Balaban J connectivity index is 3.01. The first-order chi connectivity index (χ1) is 6.61. The summed E-state index contributed by atoms with van der Waals surface area (Å²) in [6, 6.07) is 6.37. The van der Waals surface area contributed by atoms with E-state index in [1.807, 2.05) is 0 Å². The first-order valence-corrected chi connectivity index (χ1v) is 3.95. The predicted molar refractivity (Wildman–Crippen MR) is 47.7 cm³/mol. The van der Waals surface area contributed by atoms with Gasteiger partial charge in [-0.2, -0.15) is 0 Å². The maximum atomic E-state index is 10.1. The van der Waals surface area contributed by atoms with Crippen LogP contribution in [-0.4, -0.2) is 16.2 Å². The number of carboxylic acid groups (broad SMARTS) is 1. The smallest absolute Gasteiger partial charge is 0.179 e. The Hall–Kier alpha value is -1.65. The van der Waals surface area contributed by atoms with Crippen LogP contribution in [0.2, 0.25) is 0 Å². The first kappa shape index (κ1) is 10.4. The summed E-state index contributed by atoms with van der Waals surface area (Å²) in [5.74, 6) is -1.33. The van der Waals surface area contributed by atoms with Crippen LogP contribution < -0.4 is 5.11 Å². The normalized spacial score (nSPS) is 11.1. The highest BCUT2D eigenvalue weighted by atomic mass is 16.5. The third-order valence-corrected chi connectivity index (χ3v) is 1.67. The summed E-state index contributed by atoms with van der Waals surface area (Å²) >= 11 is 0. The van der Waals surface area contributed by atoms with Gasteiger partial charge >= 0.3 is 0 Å². The molecule has 0 aromatic heterocycles. The van der Waals surface area contributed by atoms with E-state index in [0.29, 0.717) is 5.56 Å². The summed E-state index contributed by atoms with van der Waals surface area (Å²) < 4.78 is 0. The number of hydrogen-bond acceptors (Lipinski definition) is 4. The van der Waals surface area contributed by atoms with E-state index in [0.717, 1.165) is 6.08 Å². The van der Waals surface area contributed by atoms with Crippen molar-refractivity contribution in [3.05, 3.63) is 41.5 Å². The Bertz CT molecular complexity index is 355. The molecule has 0 heterocycles. The van der Waals surface area contributed by atoms with Crippen molar-refractivity contribution in [2.75, 3.05) is 0 Å². The van der Waals surface area contributed by atoms with Gasteiger partial charge in [0.1, 0.15) is 0 Å². The van der Waals surface area contributed by atoms with E-state index in [9.17, 15) is 9.90 Å². The monoisotopic (exact) mass is 193 g/mol. The molecule has 0 aliphatic heterocycles. The van der Waals surface area contributed by atoms with Crippen molar-refractivity contribution in [1.29, 1.82) is 0 Å². The van der Waals surface area contributed by atoms with E-state index in [1.165, 1.54) is 12.1 Å². The van der Waals surface area contributed by atoms with Crippen molar-refractivity contribution in [3.63, 3.8) is 0 Å². The Morgan fingerprint density at radius 2 is 2.00 bits per heavy atom. The van der Waals surface area contributed by atoms with Crippen LogP contribution in [-0.2, 0) is 4.79 Å². The molecule has 0 saturated heterocycles. The minimum Gasteiger partial charge on any atom is -0.545 e. The molecule has 0 bridgehead atoms. The van der Waals surface area contributed by atoms with Gasteiger partial charge in [0, 0.05) is 5.56 Å². The maximum Gasteiger partial charge on any atom is 0.179 e. The van der Waals surface area contributed by atoms with Gasteiger partial charge in [0.05, 0.1) is 5.97 Å². The highest BCUT2D eigenvalue weighted by molar-refractivity contribution is 5.83. The average Bonchev–Trinajstić information content (AvgIpc) is 2.15. The van der Waals surface area contributed by atoms with Gasteiger partial charge in [-0.25, -0.2) is 0 Å². The third kappa shape index (κ3) is 2.69. The SMILES string of the molecule is O=C([O-])/C=C/c1ccccc1C(O)O. The van der Waals surface area contributed by atoms with Gasteiger partial charge in [0.25, 0.3) is 0 Å². The van der Waals surface area contributed by atoms with E-state index < -0.39 is 12.3 Å². The van der Waals surface area contributed by atoms with Crippen molar-refractivity contribution in [2.24, 2.45) is 0 Å². The number of hydrogen-bond donors (Lipinski definition) is 2. The Morgan fingerprint density at radius 3 is 2.57 bits per heavy atom. The Morgan fingerprint density at radius 1 is 1.36 bits per heavy atom. The van der Waals surface area contributed by atoms with Crippen LogP contribution in [0, 0.1) is 0 Å². The number of aliphatic hydroxyl groups is 2. The number of aliphatic hydroxyl groups excluding tert-OH is 1. The predicted octanol–water partition coefficient (Wildman–Crippen LogP) is -0.567. The van der Waals surface area contributed by atoms with Gasteiger partial charge in [-0.3, -0.25) is 0 Å². The molecule has 0 aliphatic rings. The second-order valence-corrected chi connectivity index (χ2v) is 2.65. The van der Waals surface area contributed by atoms with Crippen LogP contribution in [0.4, 0.5) is 0 Å². The van der Waals surface area contributed by atoms with Crippen LogP contribution in [0.5, 0.6) is 0 Å². The Kier molecular flexibility index (Phi) is 3.39. The lowest BCUT2D eigenvalue weighted by Crippen LogP contribution is -2.18. The summed E-state index contributed by atoms with van der Waals surface area (Å²) in [5.41, 5.74) is 0.691. The molecule has 0 atom stereocenters. The minimum absolute atomic E-state index is 0.255. The lowest BCUT2D eigenvalue weighted by molar-refractivity contribution is -0.297. The average molecular weight is 193 g/mol. The molecule has 0 saturated carbocycles. The van der Waals surface area contributed by atoms with Gasteiger partial charge in [-0.15, -0.1) is 0 Å². The van der Waals surface area contributed by atoms with Crippen molar-refractivity contribution >= 4 is 12.0 Å². The zero-order chi connectivity index (χ0) is 10.6. The van der Waals surface area contributed by atoms with E-state index in [2.05, 4.69) is 0 Å². The molecule has 0 unspecified atom stereocenters. The largest absolute Gasteiger partial charge is 0.545 e. The lowest BCUT2D eigenvalue weighted by atomic mass is 10.1. The summed E-state index contributed by atoms with van der Waals surface area (Å²) in [6.45, 7) is 0. The fourth-order valence-electron chi connectivity index (χ4n) is 1.06. The molecule has 0 fully saturated rings. The molecule has 1 aromatic carbocycles. The molecular formula is C10H9O4-. The second kappa shape index (κ2) is 4.55. The Labute approximate surface area is 80.7 Å². The number of rotatable bonds is 3. The van der Waals surface area contributed by atoms with Crippen molar-refractivity contribution < 1.29 is 20.1 Å². The van der Waals surface area contributed by atoms with Gasteiger partial charge in [-0.1, -0.05) is 30.3 Å². The van der Waals surface area contributed by atoms with Crippen molar-refractivity contribution in [2.45, 2.75) is 6.29 Å². The standard InChI is InChI=1S/C10H10O4/c11-9(12)6-5-7-3-1-2-4-8(7)10(13)14/h1-6,10,13-14H,(H,11,12)/p-1/b6-5+. The zero-order valence-electron chi connectivity index (χ0n) is 7.25. The van der Waals surface area contributed by atoms with E-state index in [1.54, 1.807) is 18.2 Å². The highest BCUT2D eigenvalue weighted by Crippen LogP contribution is 2.16. The van der Waals surface area contributed by atoms with E-state index in [4.69, 9.17) is 10.2 Å². The molecule has 14 heavy (non-hydrogen) atoms. The zero-order valence-corrected chi connectivity index (χ0v) is 7.25. The fraction of sp³-hybridized carbons (Fsp3) is 0.100. The van der Waals surface area contributed by atoms with Gasteiger partial charge in [0.15, 0.2) is 6.29 Å². The lowest BCUT2D eigenvalue weighted by Gasteiger charge is -2.07.